The number of benzene rings is 13. The maximum atomic E-state index is 6.71. The van der Waals surface area contributed by atoms with E-state index in [0.717, 1.165) is 95.7 Å². The molecule has 0 saturated carbocycles. The molecule has 0 amide bonds. The van der Waals surface area contributed by atoms with Gasteiger partial charge in [0.2, 0.25) is 0 Å². The molecule has 4 aliphatic rings. The van der Waals surface area contributed by atoms with Crippen LogP contribution in [0.3, 0.4) is 0 Å². The van der Waals surface area contributed by atoms with Gasteiger partial charge in [-0.05, 0) is 150 Å². The number of anilines is 3. The van der Waals surface area contributed by atoms with E-state index in [1.165, 1.54) is 55.6 Å². The highest BCUT2D eigenvalue weighted by molar-refractivity contribution is 5.95. The third-order valence-corrected chi connectivity index (χ3v) is 18.0. The van der Waals surface area contributed by atoms with Crippen LogP contribution in [0.2, 0.25) is 0 Å². The molecule has 2 aliphatic carbocycles. The summed E-state index contributed by atoms with van der Waals surface area (Å²) in [6.45, 7) is 0. The standard InChI is InChI=1S/C80H51NO2/c1-2-20-52(21-3-1)53-40-42-54(43-41-53)61-26-6-13-35-74(61)81(59-24-18-22-55(48-59)57-44-46-64-62-27-4-7-29-66(62)79(72(64)50-57)68-31-9-14-36-75(68)82-76-37-15-10-32-69(76)79)60-25-19-23-56(49-60)58-45-47-65-63-28-5-8-30-67(63)80(73(65)51-58)70-33-11-16-38-77(70)83-78-39-17-12-34-71(78)80/h1-51H. The summed E-state index contributed by atoms with van der Waals surface area (Å²) < 4.78 is 13.4. The number of ether oxygens (including phenoxy) is 2. The second-order valence-electron chi connectivity index (χ2n) is 22.2. The van der Waals surface area contributed by atoms with Crippen molar-refractivity contribution < 1.29 is 9.47 Å². The van der Waals surface area contributed by atoms with Crippen molar-refractivity contribution in [3.63, 3.8) is 0 Å². The molecular weight excluding hydrogens is 1010 g/mol. The molecule has 0 fully saturated rings. The molecule has 17 rings (SSSR count). The van der Waals surface area contributed by atoms with Crippen LogP contribution in [0.15, 0.2) is 309 Å². The van der Waals surface area contributed by atoms with Crippen molar-refractivity contribution in [2.75, 3.05) is 4.90 Å². The molecule has 83 heavy (non-hydrogen) atoms. The minimum absolute atomic E-state index is 0.579. The summed E-state index contributed by atoms with van der Waals surface area (Å²) in [5, 5.41) is 0. The zero-order valence-corrected chi connectivity index (χ0v) is 45.2. The normalized spacial score (nSPS) is 13.7. The summed E-state index contributed by atoms with van der Waals surface area (Å²) in [7, 11) is 0. The third-order valence-electron chi connectivity index (χ3n) is 18.0. The van der Waals surface area contributed by atoms with Crippen LogP contribution in [-0.4, -0.2) is 0 Å². The molecule has 2 aliphatic heterocycles. The van der Waals surface area contributed by atoms with Crippen LogP contribution >= 0.6 is 0 Å². The first-order valence-electron chi connectivity index (χ1n) is 28.6. The third kappa shape index (κ3) is 6.92. The van der Waals surface area contributed by atoms with Crippen LogP contribution in [0, 0.1) is 0 Å². The zero-order chi connectivity index (χ0) is 54.6. The van der Waals surface area contributed by atoms with Gasteiger partial charge >= 0.3 is 0 Å². The number of rotatable bonds is 7. The SMILES string of the molecule is c1ccc(-c2ccc(-c3ccccc3N(c3cccc(-c4ccc5c(c4)C4(c6ccccc6Oc6ccccc64)c4ccccc4-5)c3)c3cccc(-c4ccc5c(c4)C4(c6ccccc6Oc6ccccc64)c4ccccc4-5)c3)cc2)cc1. The Morgan fingerprint density at radius 1 is 0.205 bits per heavy atom. The van der Waals surface area contributed by atoms with Gasteiger partial charge in [0.05, 0.1) is 16.5 Å². The Hall–Kier alpha value is -10.7. The average Bonchev–Trinajstić information content (AvgIpc) is 1.77. The van der Waals surface area contributed by atoms with E-state index in [1.54, 1.807) is 0 Å². The lowest BCUT2D eigenvalue weighted by atomic mass is 9.66. The van der Waals surface area contributed by atoms with E-state index in [1.807, 2.05) is 0 Å². The Bertz CT molecular complexity index is 4430. The van der Waals surface area contributed by atoms with Gasteiger partial charge in [0, 0.05) is 39.2 Å². The molecule has 0 aromatic heterocycles. The first-order valence-corrected chi connectivity index (χ1v) is 28.6. The van der Waals surface area contributed by atoms with E-state index in [-0.39, 0.29) is 0 Å². The number of hydrogen-bond donors (Lipinski definition) is 0. The molecule has 0 unspecified atom stereocenters. The van der Waals surface area contributed by atoms with Gasteiger partial charge in [-0.25, -0.2) is 0 Å². The van der Waals surface area contributed by atoms with Crippen molar-refractivity contribution in [1.82, 2.24) is 0 Å². The highest BCUT2D eigenvalue weighted by Crippen LogP contribution is 2.64. The van der Waals surface area contributed by atoms with Gasteiger partial charge in [0.15, 0.2) is 0 Å². The lowest BCUT2D eigenvalue weighted by Gasteiger charge is -2.39. The fourth-order valence-electron chi connectivity index (χ4n) is 14.5. The molecule has 13 aromatic carbocycles. The fraction of sp³-hybridized carbons (Fsp3) is 0.0250. The molecule has 13 aromatic rings. The number of para-hydroxylation sites is 5. The van der Waals surface area contributed by atoms with Crippen LogP contribution in [0.1, 0.15) is 44.5 Å². The first kappa shape index (κ1) is 47.1. The zero-order valence-electron chi connectivity index (χ0n) is 45.2. The van der Waals surface area contributed by atoms with Gasteiger partial charge in [-0.2, -0.15) is 0 Å². The van der Waals surface area contributed by atoms with Gasteiger partial charge in [-0.15, -0.1) is 0 Å². The molecule has 0 saturated heterocycles. The van der Waals surface area contributed by atoms with Crippen molar-refractivity contribution in [3.05, 3.63) is 354 Å². The number of hydrogen-bond acceptors (Lipinski definition) is 3. The summed E-state index contributed by atoms with van der Waals surface area (Å²) in [5.74, 6) is 3.54. The Labute approximate surface area is 483 Å². The Kier molecular flexibility index (Phi) is 10.4. The Morgan fingerprint density at radius 2 is 0.530 bits per heavy atom. The van der Waals surface area contributed by atoms with Gasteiger partial charge in [-0.3, -0.25) is 0 Å². The van der Waals surface area contributed by atoms with Crippen molar-refractivity contribution in [2.45, 2.75) is 10.8 Å². The van der Waals surface area contributed by atoms with Crippen LogP contribution < -0.4 is 14.4 Å². The van der Waals surface area contributed by atoms with Gasteiger partial charge in [-0.1, -0.05) is 243 Å². The summed E-state index contributed by atoms with van der Waals surface area (Å²) in [4.78, 5) is 2.46. The van der Waals surface area contributed by atoms with Crippen molar-refractivity contribution in [2.24, 2.45) is 0 Å². The highest BCUT2D eigenvalue weighted by atomic mass is 16.5. The molecule has 0 N–H and O–H groups in total. The predicted molar refractivity (Wildman–Crippen MR) is 338 cm³/mol. The highest BCUT2D eigenvalue weighted by Gasteiger charge is 2.52. The van der Waals surface area contributed by atoms with Crippen molar-refractivity contribution >= 4 is 17.1 Å². The molecule has 3 nitrogen and oxygen atoms in total. The van der Waals surface area contributed by atoms with Crippen LogP contribution in [0.25, 0.3) is 66.8 Å². The topological polar surface area (TPSA) is 21.7 Å². The average molecular weight is 1060 g/mol. The van der Waals surface area contributed by atoms with E-state index in [0.29, 0.717) is 0 Å². The van der Waals surface area contributed by atoms with E-state index >= 15 is 0 Å². The quantitative estimate of drug-likeness (QED) is 0.159. The van der Waals surface area contributed by atoms with Crippen molar-refractivity contribution in [1.29, 1.82) is 0 Å². The molecular formula is C80H51NO2. The summed E-state index contributed by atoms with van der Waals surface area (Å²) in [6, 6.07) is 113. The first-order chi connectivity index (χ1) is 41.1. The Morgan fingerprint density at radius 3 is 1.00 bits per heavy atom. The second-order valence-corrected chi connectivity index (χ2v) is 22.2. The van der Waals surface area contributed by atoms with E-state index < -0.39 is 10.8 Å². The monoisotopic (exact) mass is 1060 g/mol. The minimum Gasteiger partial charge on any atom is -0.457 e. The van der Waals surface area contributed by atoms with E-state index in [2.05, 4.69) is 314 Å². The lowest BCUT2D eigenvalue weighted by Crippen LogP contribution is -2.32. The van der Waals surface area contributed by atoms with Gasteiger partial charge < -0.3 is 14.4 Å². The maximum absolute atomic E-state index is 6.71. The predicted octanol–water partition coefficient (Wildman–Crippen LogP) is 20.8. The second kappa shape index (κ2) is 18.4. The number of fused-ring (bicyclic) bond motifs is 18. The maximum Gasteiger partial charge on any atom is 0.132 e. The van der Waals surface area contributed by atoms with Crippen LogP contribution in [0.4, 0.5) is 17.1 Å². The van der Waals surface area contributed by atoms with E-state index in [9.17, 15) is 0 Å². The lowest BCUT2D eigenvalue weighted by molar-refractivity contribution is 0.436. The molecule has 0 bridgehead atoms. The minimum atomic E-state index is -0.579. The van der Waals surface area contributed by atoms with Gasteiger partial charge in [0.1, 0.15) is 23.0 Å². The van der Waals surface area contributed by atoms with Gasteiger partial charge in [0.25, 0.3) is 0 Å². The summed E-state index contributed by atoms with van der Waals surface area (Å²) in [5.41, 5.74) is 25.8. The smallest absolute Gasteiger partial charge is 0.132 e. The largest absolute Gasteiger partial charge is 0.457 e. The summed E-state index contributed by atoms with van der Waals surface area (Å²) >= 11 is 0. The Balaban J connectivity index is 0.841. The van der Waals surface area contributed by atoms with E-state index in [4.69, 9.17) is 9.47 Å². The summed E-state index contributed by atoms with van der Waals surface area (Å²) in [6.07, 6.45) is 0. The van der Waals surface area contributed by atoms with Crippen LogP contribution in [0.5, 0.6) is 23.0 Å². The molecule has 2 heterocycles. The molecule has 2 spiro atoms. The molecule has 388 valence electrons. The molecule has 0 atom stereocenters. The molecule has 3 heteroatoms. The fourth-order valence-corrected chi connectivity index (χ4v) is 14.5. The van der Waals surface area contributed by atoms with Crippen LogP contribution in [-0.2, 0) is 10.8 Å². The number of nitrogens with zero attached hydrogens (tertiary/aromatic N) is 1. The van der Waals surface area contributed by atoms with Crippen molar-refractivity contribution in [3.8, 4) is 89.8 Å². The molecule has 0 radical (unpaired) electrons.